The first-order chi connectivity index (χ1) is 14.3. The van der Waals surface area contributed by atoms with Crippen molar-refractivity contribution in [2.45, 2.75) is 65.9 Å². The van der Waals surface area contributed by atoms with Crippen LogP contribution in [0.3, 0.4) is 0 Å². The number of rotatable bonds is 14. The summed E-state index contributed by atoms with van der Waals surface area (Å²) in [6, 6.07) is 4.03. The maximum absolute atomic E-state index is 6.09. The van der Waals surface area contributed by atoms with Crippen LogP contribution in [-0.4, -0.2) is 38.2 Å². The van der Waals surface area contributed by atoms with E-state index < -0.39 is 0 Å². The van der Waals surface area contributed by atoms with Gasteiger partial charge in [0.2, 0.25) is 0 Å². The van der Waals surface area contributed by atoms with Gasteiger partial charge in [0.25, 0.3) is 0 Å². The molecule has 5 nitrogen and oxygen atoms in total. The molecule has 0 radical (unpaired) electrons. The Hall–Kier alpha value is -1.43. The number of halogens is 2. The first-order valence-electron chi connectivity index (χ1n) is 10.5. The second-order valence-electron chi connectivity index (χ2n) is 7.68. The molecule has 0 unspecified atom stereocenters. The van der Waals surface area contributed by atoms with Gasteiger partial charge in [0, 0.05) is 25.7 Å². The first-order valence-corrected chi connectivity index (χ1v) is 11.2. The molecular weight excluding hydrogens is 425 g/mol. The molecule has 0 spiro atoms. The minimum absolute atomic E-state index is 0.203. The third kappa shape index (κ3) is 11.7. The Morgan fingerprint density at radius 1 is 1.00 bits per heavy atom. The van der Waals surface area contributed by atoms with E-state index in [0.717, 1.165) is 48.3 Å². The summed E-state index contributed by atoms with van der Waals surface area (Å²) in [6.45, 7) is 12.3. The molecule has 1 aromatic rings. The van der Waals surface area contributed by atoms with Crippen LogP contribution in [0.5, 0.6) is 11.5 Å². The highest BCUT2D eigenvalue weighted by Crippen LogP contribution is 2.31. The van der Waals surface area contributed by atoms with Gasteiger partial charge in [0.15, 0.2) is 0 Å². The van der Waals surface area contributed by atoms with E-state index >= 15 is 0 Å². The van der Waals surface area contributed by atoms with Gasteiger partial charge in [-0.3, -0.25) is 0 Å². The lowest BCUT2D eigenvalue weighted by Gasteiger charge is -2.17. The molecule has 0 fully saturated rings. The summed E-state index contributed by atoms with van der Waals surface area (Å²) in [4.78, 5) is 5.28. The molecule has 0 aliphatic carbocycles. The van der Waals surface area contributed by atoms with Gasteiger partial charge < -0.3 is 19.0 Å². The van der Waals surface area contributed by atoms with Gasteiger partial charge in [-0.15, -0.1) is 0 Å². The van der Waals surface area contributed by atoms with E-state index in [4.69, 9.17) is 42.3 Å². The van der Waals surface area contributed by atoms with Gasteiger partial charge >= 0.3 is 0 Å². The number of oxime groups is 1. The Kier molecular flexibility index (Phi) is 12.9. The van der Waals surface area contributed by atoms with Crippen molar-refractivity contribution in [1.29, 1.82) is 0 Å². The van der Waals surface area contributed by atoms with Crippen LogP contribution >= 0.6 is 23.2 Å². The van der Waals surface area contributed by atoms with Crippen molar-refractivity contribution in [3.63, 3.8) is 0 Å². The molecule has 0 saturated carbocycles. The van der Waals surface area contributed by atoms with E-state index in [-0.39, 0.29) is 10.1 Å². The zero-order valence-corrected chi connectivity index (χ0v) is 20.3. The highest BCUT2D eigenvalue weighted by molar-refractivity contribution is 6.55. The SMILES string of the molecule is CCc1cc(OCC=C(Cl)Cl)cc(CC)c1OCCCOCC/C=N/OC(C)(C)C. The van der Waals surface area contributed by atoms with Gasteiger partial charge in [0.1, 0.15) is 28.2 Å². The average molecular weight is 460 g/mol. The molecular formula is C23H35Cl2NO4. The van der Waals surface area contributed by atoms with E-state index in [0.29, 0.717) is 26.4 Å². The highest BCUT2D eigenvalue weighted by Gasteiger charge is 2.11. The zero-order valence-electron chi connectivity index (χ0n) is 18.8. The Labute approximate surface area is 191 Å². The third-order valence-electron chi connectivity index (χ3n) is 3.94. The number of benzene rings is 1. The van der Waals surface area contributed by atoms with E-state index in [1.165, 1.54) is 0 Å². The normalized spacial score (nSPS) is 11.6. The predicted molar refractivity (Wildman–Crippen MR) is 125 cm³/mol. The van der Waals surface area contributed by atoms with Gasteiger partial charge in [0.05, 0.1) is 13.2 Å². The van der Waals surface area contributed by atoms with Crippen molar-refractivity contribution >= 4 is 29.4 Å². The molecule has 0 N–H and O–H groups in total. The van der Waals surface area contributed by atoms with Crippen molar-refractivity contribution in [1.82, 2.24) is 0 Å². The standard InChI is InChI=1S/C23H35Cl2NO4/c1-6-18-16-20(28-15-10-21(24)25)17-19(7-2)22(18)29-14-9-13-27-12-8-11-26-30-23(3,4)5/h10-11,16-17H,6-9,12-15H2,1-5H3/b26-11+. The van der Waals surface area contributed by atoms with Crippen molar-refractivity contribution in [3.05, 3.63) is 33.8 Å². The number of hydrogen-bond donors (Lipinski definition) is 0. The zero-order chi connectivity index (χ0) is 22.4. The number of ether oxygens (including phenoxy) is 3. The second kappa shape index (κ2) is 14.6. The fraction of sp³-hybridized carbons (Fsp3) is 0.609. The molecule has 1 rings (SSSR count). The quantitative estimate of drug-likeness (QED) is 0.181. The molecule has 0 atom stereocenters. The Balaban J connectivity index is 2.42. The number of hydrogen-bond acceptors (Lipinski definition) is 5. The molecule has 0 bridgehead atoms. The minimum Gasteiger partial charge on any atom is -0.493 e. The lowest BCUT2D eigenvalue weighted by atomic mass is 10.0. The number of nitrogens with zero attached hydrogens (tertiary/aromatic N) is 1. The molecule has 30 heavy (non-hydrogen) atoms. The van der Waals surface area contributed by atoms with Crippen molar-refractivity contribution in [2.75, 3.05) is 26.4 Å². The summed E-state index contributed by atoms with van der Waals surface area (Å²) in [5.74, 6) is 1.74. The topological polar surface area (TPSA) is 49.3 Å². The summed E-state index contributed by atoms with van der Waals surface area (Å²) >= 11 is 11.3. The highest BCUT2D eigenvalue weighted by atomic mass is 35.5. The van der Waals surface area contributed by atoms with Crippen molar-refractivity contribution < 1.29 is 19.0 Å². The smallest absolute Gasteiger partial charge is 0.129 e. The summed E-state index contributed by atoms with van der Waals surface area (Å²) in [7, 11) is 0. The summed E-state index contributed by atoms with van der Waals surface area (Å²) in [5.41, 5.74) is 1.99. The molecule has 0 amide bonds. The van der Waals surface area contributed by atoms with Crippen LogP contribution in [0, 0.1) is 0 Å². The fourth-order valence-electron chi connectivity index (χ4n) is 2.54. The van der Waals surface area contributed by atoms with Crippen LogP contribution in [-0.2, 0) is 22.4 Å². The van der Waals surface area contributed by atoms with Gasteiger partial charge in [-0.05, 0) is 62.9 Å². The largest absolute Gasteiger partial charge is 0.493 e. The summed E-state index contributed by atoms with van der Waals surface area (Å²) < 4.78 is 17.7. The Morgan fingerprint density at radius 3 is 2.23 bits per heavy atom. The van der Waals surface area contributed by atoms with Crippen LogP contribution in [0.4, 0.5) is 0 Å². The number of aryl methyl sites for hydroxylation is 2. The van der Waals surface area contributed by atoms with Crippen LogP contribution in [0.15, 0.2) is 27.9 Å². The van der Waals surface area contributed by atoms with Crippen LogP contribution in [0.2, 0.25) is 0 Å². The molecule has 7 heteroatoms. The van der Waals surface area contributed by atoms with E-state index in [2.05, 4.69) is 19.0 Å². The molecule has 170 valence electrons. The molecule has 0 heterocycles. The average Bonchev–Trinajstić information content (AvgIpc) is 2.68. The van der Waals surface area contributed by atoms with Gasteiger partial charge in [-0.2, -0.15) is 0 Å². The van der Waals surface area contributed by atoms with Crippen LogP contribution in [0.25, 0.3) is 0 Å². The Morgan fingerprint density at radius 2 is 1.67 bits per heavy atom. The van der Waals surface area contributed by atoms with Crippen LogP contribution < -0.4 is 9.47 Å². The van der Waals surface area contributed by atoms with Crippen molar-refractivity contribution in [3.8, 4) is 11.5 Å². The Bertz CT molecular complexity index is 655. The monoisotopic (exact) mass is 459 g/mol. The molecule has 0 aliphatic rings. The van der Waals surface area contributed by atoms with E-state index in [1.54, 1.807) is 12.3 Å². The van der Waals surface area contributed by atoms with Gasteiger partial charge in [-0.1, -0.05) is 42.2 Å². The molecule has 0 saturated heterocycles. The van der Waals surface area contributed by atoms with Crippen LogP contribution in [0.1, 0.15) is 58.6 Å². The maximum Gasteiger partial charge on any atom is 0.129 e. The van der Waals surface area contributed by atoms with E-state index in [9.17, 15) is 0 Å². The first kappa shape index (κ1) is 26.6. The predicted octanol–water partition coefficient (Wildman–Crippen LogP) is 6.49. The molecule has 0 aromatic heterocycles. The van der Waals surface area contributed by atoms with Gasteiger partial charge in [-0.25, -0.2) is 0 Å². The summed E-state index contributed by atoms with van der Waals surface area (Å²) in [5, 5.41) is 3.93. The molecule has 1 aromatic carbocycles. The third-order valence-corrected chi connectivity index (χ3v) is 4.25. The summed E-state index contributed by atoms with van der Waals surface area (Å²) in [6.07, 6.45) is 6.62. The fourth-order valence-corrected chi connectivity index (χ4v) is 2.66. The molecule has 0 aliphatic heterocycles. The minimum atomic E-state index is -0.261. The lowest BCUT2D eigenvalue weighted by Crippen LogP contribution is -2.15. The second-order valence-corrected chi connectivity index (χ2v) is 8.69. The van der Waals surface area contributed by atoms with Crippen molar-refractivity contribution in [2.24, 2.45) is 5.16 Å². The van der Waals surface area contributed by atoms with E-state index in [1.807, 2.05) is 32.9 Å². The maximum atomic E-state index is 6.09. The lowest BCUT2D eigenvalue weighted by molar-refractivity contribution is 0.00127.